The fourth-order valence-electron chi connectivity index (χ4n) is 8.82. The zero-order chi connectivity index (χ0) is 35.9. The van der Waals surface area contributed by atoms with E-state index in [4.69, 9.17) is 0 Å². The van der Waals surface area contributed by atoms with Gasteiger partial charge in [-0.15, -0.1) is 0 Å². The van der Waals surface area contributed by atoms with E-state index in [1.807, 2.05) is 0 Å². The van der Waals surface area contributed by atoms with Crippen LogP contribution in [0.3, 0.4) is 0 Å². The van der Waals surface area contributed by atoms with Crippen molar-refractivity contribution < 1.29 is 0 Å². The van der Waals surface area contributed by atoms with Gasteiger partial charge in [0.15, 0.2) is 0 Å². The average Bonchev–Trinajstić information content (AvgIpc) is 3.78. The van der Waals surface area contributed by atoms with Crippen molar-refractivity contribution in [2.75, 3.05) is 0 Å². The van der Waals surface area contributed by atoms with E-state index in [0.29, 0.717) is 0 Å². The molecule has 0 atom stereocenters. The van der Waals surface area contributed by atoms with Crippen LogP contribution in [-0.2, 0) is 6.42 Å². The lowest BCUT2D eigenvalue weighted by Crippen LogP contribution is -2.00. The van der Waals surface area contributed by atoms with Gasteiger partial charge in [-0.2, -0.15) is 0 Å². The number of hydrogen-bond donors (Lipinski definition) is 0. The minimum atomic E-state index is 0.929. The molecule has 0 amide bonds. The smallest absolute Gasteiger partial charge is 0.0553 e. The van der Waals surface area contributed by atoms with Gasteiger partial charge in [0.1, 0.15) is 0 Å². The van der Waals surface area contributed by atoms with Gasteiger partial charge in [0.2, 0.25) is 0 Å². The highest BCUT2D eigenvalue weighted by atomic mass is 15.0. The van der Waals surface area contributed by atoms with Gasteiger partial charge in [-0.3, -0.25) is 0 Å². The molecule has 0 aliphatic heterocycles. The van der Waals surface area contributed by atoms with E-state index in [1.165, 1.54) is 99.9 Å². The number of rotatable bonds is 8. The monoisotopic (exact) mass is 683 g/mol. The molecule has 1 heterocycles. The topological polar surface area (TPSA) is 4.93 Å². The van der Waals surface area contributed by atoms with E-state index >= 15 is 0 Å². The summed E-state index contributed by atoms with van der Waals surface area (Å²) in [5.74, 6) is 0. The van der Waals surface area contributed by atoms with Crippen molar-refractivity contribution in [3.63, 3.8) is 0 Å². The lowest BCUT2D eigenvalue weighted by Gasteiger charge is -2.19. The summed E-state index contributed by atoms with van der Waals surface area (Å²) in [6.07, 6.45) is 12.3. The Bertz CT molecular complexity index is 2640. The predicted octanol–water partition coefficient (Wildman–Crippen LogP) is 14.1. The van der Waals surface area contributed by atoms with Crippen molar-refractivity contribution in [2.45, 2.75) is 52.9 Å². The Morgan fingerprint density at radius 2 is 1.36 bits per heavy atom. The van der Waals surface area contributed by atoms with E-state index in [1.54, 1.807) is 0 Å². The third kappa shape index (κ3) is 6.01. The van der Waals surface area contributed by atoms with Gasteiger partial charge in [0.05, 0.1) is 11.0 Å². The minimum Gasteiger partial charge on any atom is -0.309 e. The molecule has 0 unspecified atom stereocenters. The Kier molecular flexibility index (Phi) is 8.64. The zero-order valence-corrected chi connectivity index (χ0v) is 31.0. The van der Waals surface area contributed by atoms with Gasteiger partial charge in [0.25, 0.3) is 0 Å². The Morgan fingerprint density at radius 1 is 0.623 bits per heavy atom. The van der Waals surface area contributed by atoms with Crippen molar-refractivity contribution in [3.05, 3.63) is 202 Å². The van der Waals surface area contributed by atoms with Crippen LogP contribution in [0.1, 0.15) is 66.0 Å². The molecule has 0 radical (unpaired) electrons. The highest BCUT2D eigenvalue weighted by Gasteiger charge is 2.25. The third-order valence-electron chi connectivity index (χ3n) is 11.5. The molecule has 1 heteroatoms. The van der Waals surface area contributed by atoms with Crippen molar-refractivity contribution in [1.82, 2.24) is 4.57 Å². The van der Waals surface area contributed by atoms with E-state index in [0.717, 1.165) is 32.1 Å². The van der Waals surface area contributed by atoms with Crippen molar-refractivity contribution in [2.24, 2.45) is 0 Å². The maximum absolute atomic E-state index is 2.54. The number of nitrogens with zero attached hydrogens (tertiary/aromatic N) is 1. The molecule has 2 aliphatic carbocycles. The molecule has 0 bridgehead atoms. The van der Waals surface area contributed by atoms with Crippen molar-refractivity contribution in [1.29, 1.82) is 0 Å². The van der Waals surface area contributed by atoms with E-state index in [9.17, 15) is 0 Å². The van der Waals surface area contributed by atoms with E-state index in [2.05, 4.69) is 183 Å². The highest BCUT2D eigenvalue weighted by molar-refractivity contribution is 6.16. The van der Waals surface area contributed by atoms with Crippen LogP contribution in [-0.4, -0.2) is 4.57 Å². The van der Waals surface area contributed by atoms with Crippen LogP contribution >= 0.6 is 0 Å². The van der Waals surface area contributed by atoms with E-state index in [-0.39, 0.29) is 0 Å². The third-order valence-corrected chi connectivity index (χ3v) is 11.5. The zero-order valence-electron chi connectivity index (χ0n) is 31.0. The van der Waals surface area contributed by atoms with Crippen LogP contribution in [0.4, 0.5) is 0 Å². The molecular weight excluding hydrogens is 639 g/mol. The number of benzene rings is 6. The lowest BCUT2D eigenvalue weighted by atomic mass is 9.87. The normalized spacial score (nSPS) is 14.5. The first-order chi connectivity index (χ1) is 26.1. The summed E-state index contributed by atoms with van der Waals surface area (Å²) in [7, 11) is 0. The minimum absolute atomic E-state index is 0.929. The van der Waals surface area contributed by atoms with Gasteiger partial charge in [-0.1, -0.05) is 140 Å². The molecular formula is C52H45N. The number of aryl methyl sites for hydroxylation is 2. The summed E-state index contributed by atoms with van der Waals surface area (Å²) in [5, 5.41) is 2.64. The number of fused-ring (bicyclic) bond motifs is 3. The summed E-state index contributed by atoms with van der Waals surface area (Å²) < 4.78 is 2.54. The molecule has 2 aliphatic rings. The molecule has 53 heavy (non-hydrogen) atoms. The molecule has 6 aromatic carbocycles. The maximum atomic E-state index is 2.54. The fourth-order valence-corrected chi connectivity index (χ4v) is 8.82. The summed E-state index contributed by atoms with van der Waals surface area (Å²) in [6.45, 7) is 6.75. The van der Waals surface area contributed by atoms with E-state index < -0.39 is 0 Å². The van der Waals surface area contributed by atoms with Crippen molar-refractivity contribution >= 4 is 38.5 Å². The van der Waals surface area contributed by atoms with Gasteiger partial charge in [0, 0.05) is 16.5 Å². The van der Waals surface area contributed by atoms with Gasteiger partial charge in [-0.05, 0) is 143 Å². The largest absolute Gasteiger partial charge is 0.309 e. The first-order valence-corrected chi connectivity index (χ1v) is 19.2. The second kappa shape index (κ2) is 13.9. The second-order valence-corrected chi connectivity index (χ2v) is 14.8. The van der Waals surface area contributed by atoms with Crippen LogP contribution in [0.25, 0.3) is 55.3 Å². The summed E-state index contributed by atoms with van der Waals surface area (Å²) in [5.41, 5.74) is 21.4. The molecule has 0 fully saturated rings. The Morgan fingerprint density at radius 3 is 2.17 bits per heavy atom. The molecule has 9 rings (SSSR count). The predicted molar refractivity (Wildman–Crippen MR) is 227 cm³/mol. The molecule has 1 aromatic heterocycles. The number of aromatic nitrogens is 1. The number of hydrogen-bond acceptors (Lipinski definition) is 0. The fraction of sp³-hybridized carbons (Fsp3) is 0.154. The van der Waals surface area contributed by atoms with Gasteiger partial charge < -0.3 is 4.57 Å². The first-order valence-electron chi connectivity index (χ1n) is 19.2. The number of allylic oxidation sites excluding steroid dienone is 8. The van der Waals surface area contributed by atoms with Crippen LogP contribution < -0.4 is 0 Å². The van der Waals surface area contributed by atoms with Crippen LogP contribution in [0.2, 0.25) is 0 Å². The molecule has 0 spiro atoms. The van der Waals surface area contributed by atoms with Crippen molar-refractivity contribution in [3.8, 4) is 16.8 Å². The maximum Gasteiger partial charge on any atom is 0.0553 e. The Hall–Kier alpha value is -5.92. The lowest BCUT2D eigenvalue weighted by molar-refractivity contribution is 1.00. The van der Waals surface area contributed by atoms with Gasteiger partial charge >= 0.3 is 0 Å². The highest BCUT2D eigenvalue weighted by Crippen LogP contribution is 2.46. The molecule has 1 nitrogen and oxygen atoms in total. The molecule has 258 valence electrons. The van der Waals surface area contributed by atoms with Gasteiger partial charge in [-0.25, -0.2) is 0 Å². The average molecular weight is 684 g/mol. The first kappa shape index (κ1) is 33.0. The SMILES string of the molecule is CCC1=C(c2cc(C3=CC(c4ccccc4)=C(Cc4ccccc4)C3)c3c4ccccc4n(-c4ccc(C)c(-c5ccccc5C)c4)c3c2)CCC=C1. The Labute approximate surface area is 314 Å². The van der Waals surface area contributed by atoms with Crippen LogP contribution in [0, 0.1) is 13.8 Å². The van der Waals surface area contributed by atoms with Crippen LogP contribution in [0.5, 0.6) is 0 Å². The Balaban J connectivity index is 1.31. The molecule has 0 N–H and O–H groups in total. The second-order valence-electron chi connectivity index (χ2n) is 14.8. The summed E-state index contributed by atoms with van der Waals surface area (Å²) in [6, 6.07) is 51.9. The standard InChI is InChI=1S/C52H45N/c1-4-38-20-12-14-24-45(38)42-32-49(41-30-40(29-37-18-7-5-8-19-37)48(31-41)39-21-9-6-10-22-39)52-46-25-15-16-26-50(46)53(51(52)33-42)43-28-27-36(3)47(34-43)44-23-13-11-17-35(44)2/h5-13,15-23,25-28,31-34H,4,14,24,29-30H2,1-3H3. The molecule has 0 saturated heterocycles. The van der Waals surface area contributed by atoms with Crippen LogP contribution in [0.15, 0.2) is 169 Å². The molecule has 0 saturated carbocycles. The summed E-state index contributed by atoms with van der Waals surface area (Å²) in [4.78, 5) is 0. The molecule has 7 aromatic rings. The summed E-state index contributed by atoms with van der Waals surface area (Å²) >= 11 is 0. The quantitative estimate of drug-likeness (QED) is 0.150. The number of para-hydroxylation sites is 1.